The van der Waals surface area contributed by atoms with Gasteiger partial charge in [-0.25, -0.2) is 4.68 Å². The number of aromatic nitrogens is 2. The van der Waals surface area contributed by atoms with E-state index in [1.165, 1.54) is 16.8 Å². The third-order valence-corrected chi connectivity index (χ3v) is 4.24. The van der Waals surface area contributed by atoms with E-state index in [-0.39, 0.29) is 37.1 Å². The highest BCUT2D eigenvalue weighted by atomic mass is 19.3. The minimum atomic E-state index is -2.93. The summed E-state index contributed by atoms with van der Waals surface area (Å²) in [6.45, 7) is 0.650. The monoisotopic (exact) mass is 379 g/mol. The zero-order valence-electron chi connectivity index (χ0n) is 14.9. The number of benzene rings is 1. The summed E-state index contributed by atoms with van der Waals surface area (Å²) in [6.07, 6.45) is 0.136. The van der Waals surface area contributed by atoms with Crippen LogP contribution in [0.5, 0.6) is 5.75 Å². The summed E-state index contributed by atoms with van der Waals surface area (Å²) in [4.78, 5) is 24.0. The number of hydrogen-bond acceptors (Lipinski definition) is 5. The standard InChI is InChI=1S/C18H19F2N3O4/c1-3-26-15(25)9-23-17-16(10(2)22-23)13(8-14(24)21-17)11-5-4-6-12(7-11)27-18(19)20/h4-7,13,18H,3,8-9H2,1-2H3,(H,21,24)/t13-/m0/s1. The molecule has 1 atom stereocenters. The number of amides is 1. The summed E-state index contributed by atoms with van der Waals surface area (Å²) in [5.41, 5.74) is 2.04. The Morgan fingerprint density at radius 3 is 2.93 bits per heavy atom. The second-order valence-corrected chi connectivity index (χ2v) is 6.07. The van der Waals surface area contributed by atoms with Crippen LogP contribution in [-0.4, -0.2) is 34.9 Å². The number of halogens is 2. The molecule has 0 saturated carbocycles. The molecule has 2 aromatic rings. The molecule has 0 unspecified atom stereocenters. The Balaban J connectivity index is 1.98. The van der Waals surface area contributed by atoms with Gasteiger partial charge in [-0.05, 0) is 31.5 Å². The van der Waals surface area contributed by atoms with E-state index < -0.39 is 12.6 Å². The van der Waals surface area contributed by atoms with Gasteiger partial charge in [0.05, 0.1) is 12.3 Å². The summed E-state index contributed by atoms with van der Waals surface area (Å²) in [6, 6.07) is 6.25. The van der Waals surface area contributed by atoms with Crippen molar-refractivity contribution in [1.29, 1.82) is 0 Å². The van der Waals surface area contributed by atoms with Gasteiger partial charge in [-0.1, -0.05) is 12.1 Å². The number of anilines is 1. The van der Waals surface area contributed by atoms with Gasteiger partial charge in [0.25, 0.3) is 0 Å². The van der Waals surface area contributed by atoms with Crippen LogP contribution in [0.15, 0.2) is 24.3 Å². The lowest BCUT2D eigenvalue weighted by Gasteiger charge is -2.24. The summed E-state index contributed by atoms with van der Waals surface area (Å²) in [5, 5.41) is 7.09. The van der Waals surface area contributed by atoms with Gasteiger partial charge in [0, 0.05) is 17.9 Å². The second-order valence-electron chi connectivity index (χ2n) is 6.07. The average Bonchev–Trinajstić information content (AvgIpc) is 2.89. The molecule has 3 rings (SSSR count). The molecule has 1 aliphatic rings. The number of hydrogen-bond donors (Lipinski definition) is 1. The molecule has 7 nitrogen and oxygen atoms in total. The second kappa shape index (κ2) is 7.73. The number of nitrogens with zero attached hydrogens (tertiary/aromatic N) is 2. The average molecular weight is 379 g/mol. The van der Waals surface area contributed by atoms with Crippen LogP contribution in [-0.2, 0) is 20.9 Å². The van der Waals surface area contributed by atoms with Crippen molar-refractivity contribution in [2.45, 2.75) is 39.3 Å². The van der Waals surface area contributed by atoms with Gasteiger partial charge in [0.1, 0.15) is 18.1 Å². The van der Waals surface area contributed by atoms with Crippen molar-refractivity contribution in [3.63, 3.8) is 0 Å². The fourth-order valence-corrected chi connectivity index (χ4v) is 3.25. The van der Waals surface area contributed by atoms with Crippen molar-refractivity contribution in [3.05, 3.63) is 41.1 Å². The molecule has 1 aromatic carbocycles. The lowest BCUT2D eigenvalue weighted by molar-refractivity contribution is -0.144. The van der Waals surface area contributed by atoms with Crippen molar-refractivity contribution >= 4 is 17.7 Å². The van der Waals surface area contributed by atoms with E-state index >= 15 is 0 Å². The number of nitrogens with one attached hydrogen (secondary N) is 1. The van der Waals surface area contributed by atoms with Crippen LogP contribution in [0.4, 0.5) is 14.6 Å². The van der Waals surface area contributed by atoms with Crippen molar-refractivity contribution in [2.24, 2.45) is 0 Å². The van der Waals surface area contributed by atoms with Crippen molar-refractivity contribution in [3.8, 4) is 5.75 Å². The Morgan fingerprint density at radius 2 is 2.22 bits per heavy atom. The fourth-order valence-electron chi connectivity index (χ4n) is 3.25. The molecule has 0 fully saturated rings. The van der Waals surface area contributed by atoms with Gasteiger partial charge < -0.3 is 14.8 Å². The van der Waals surface area contributed by atoms with Gasteiger partial charge in [0.15, 0.2) is 0 Å². The zero-order valence-corrected chi connectivity index (χ0v) is 14.9. The Bertz CT molecular complexity index is 866. The van der Waals surface area contributed by atoms with Gasteiger partial charge >= 0.3 is 12.6 Å². The lowest BCUT2D eigenvalue weighted by atomic mass is 9.86. The molecule has 0 saturated heterocycles. The van der Waals surface area contributed by atoms with E-state index in [1.807, 2.05) is 0 Å². The quantitative estimate of drug-likeness (QED) is 0.781. The molecule has 27 heavy (non-hydrogen) atoms. The molecule has 9 heteroatoms. The number of aryl methyl sites for hydroxylation is 1. The molecule has 1 aliphatic heterocycles. The van der Waals surface area contributed by atoms with Crippen LogP contribution in [0.25, 0.3) is 0 Å². The first-order valence-electron chi connectivity index (χ1n) is 8.46. The van der Waals surface area contributed by atoms with Gasteiger partial charge in [0.2, 0.25) is 5.91 Å². The maximum Gasteiger partial charge on any atom is 0.387 e. The SMILES string of the molecule is CCOC(=O)Cn1nc(C)c2c1NC(=O)C[C@H]2c1cccc(OC(F)F)c1. The first kappa shape index (κ1) is 18.8. The van der Waals surface area contributed by atoms with E-state index in [2.05, 4.69) is 15.2 Å². The Kier molecular flexibility index (Phi) is 5.38. The van der Waals surface area contributed by atoms with Crippen LogP contribution in [0.1, 0.15) is 36.1 Å². The Morgan fingerprint density at radius 1 is 1.44 bits per heavy atom. The normalized spacial score (nSPS) is 16.0. The van der Waals surface area contributed by atoms with Gasteiger partial charge in [-0.2, -0.15) is 13.9 Å². The topological polar surface area (TPSA) is 82.5 Å². The summed E-state index contributed by atoms with van der Waals surface area (Å²) >= 11 is 0. The molecular weight excluding hydrogens is 360 g/mol. The third-order valence-electron chi connectivity index (χ3n) is 4.24. The smallest absolute Gasteiger partial charge is 0.387 e. The summed E-state index contributed by atoms with van der Waals surface area (Å²) in [5.74, 6) is -0.663. The first-order valence-corrected chi connectivity index (χ1v) is 8.46. The maximum absolute atomic E-state index is 12.5. The van der Waals surface area contributed by atoms with Crippen LogP contribution in [0.3, 0.4) is 0 Å². The molecule has 0 bridgehead atoms. The Hall–Kier alpha value is -2.97. The van der Waals surface area contributed by atoms with Crippen molar-refractivity contribution in [1.82, 2.24) is 9.78 Å². The van der Waals surface area contributed by atoms with Crippen LogP contribution < -0.4 is 10.1 Å². The molecule has 1 N–H and O–H groups in total. The zero-order chi connectivity index (χ0) is 19.6. The van der Waals surface area contributed by atoms with E-state index in [0.29, 0.717) is 17.1 Å². The lowest BCUT2D eigenvalue weighted by Crippen LogP contribution is -2.26. The largest absolute Gasteiger partial charge is 0.465 e. The third kappa shape index (κ3) is 4.07. The molecule has 1 amide bonds. The number of rotatable bonds is 6. The molecule has 1 aromatic heterocycles. The number of ether oxygens (including phenoxy) is 2. The maximum atomic E-state index is 12.5. The van der Waals surface area contributed by atoms with Crippen LogP contribution >= 0.6 is 0 Å². The molecule has 2 heterocycles. The highest BCUT2D eigenvalue weighted by Crippen LogP contribution is 2.40. The highest BCUT2D eigenvalue weighted by Gasteiger charge is 2.33. The minimum Gasteiger partial charge on any atom is -0.465 e. The number of fused-ring (bicyclic) bond motifs is 1. The number of carbonyl (C=O) groups is 2. The summed E-state index contributed by atoms with van der Waals surface area (Å²) < 4.78 is 35.8. The van der Waals surface area contributed by atoms with Crippen molar-refractivity contribution < 1.29 is 27.8 Å². The molecular formula is C18H19F2N3O4. The van der Waals surface area contributed by atoms with E-state index in [9.17, 15) is 18.4 Å². The van der Waals surface area contributed by atoms with Gasteiger partial charge in [-0.3, -0.25) is 9.59 Å². The Labute approximate surface area is 154 Å². The number of carbonyl (C=O) groups excluding carboxylic acids is 2. The van der Waals surface area contributed by atoms with Crippen LogP contribution in [0.2, 0.25) is 0 Å². The predicted molar refractivity (Wildman–Crippen MR) is 91.8 cm³/mol. The van der Waals surface area contributed by atoms with E-state index in [0.717, 1.165) is 5.56 Å². The minimum absolute atomic E-state index is 0.0200. The molecule has 0 radical (unpaired) electrons. The molecule has 0 aliphatic carbocycles. The fraction of sp³-hybridized carbons (Fsp3) is 0.389. The number of alkyl halides is 2. The van der Waals surface area contributed by atoms with Crippen LogP contribution in [0, 0.1) is 6.92 Å². The molecule has 144 valence electrons. The number of esters is 1. The first-order chi connectivity index (χ1) is 12.9. The molecule has 0 spiro atoms. The van der Waals surface area contributed by atoms with E-state index in [4.69, 9.17) is 4.74 Å². The van der Waals surface area contributed by atoms with Crippen molar-refractivity contribution in [2.75, 3.05) is 11.9 Å². The highest BCUT2D eigenvalue weighted by molar-refractivity contribution is 5.95. The van der Waals surface area contributed by atoms with Gasteiger partial charge in [-0.15, -0.1) is 0 Å². The van der Waals surface area contributed by atoms with E-state index in [1.54, 1.807) is 26.0 Å². The predicted octanol–water partition coefficient (Wildman–Crippen LogP) is 2.83. The summed E-state index contributed by atoms with van der Waals surface area (Å²) in [7, 11) is 0.